The third kappa shape index (κ3) is 8.36. The first kappa shape index (κ1) is 37.0. The van der Waals surface area contributed by atoms with Crippen LogP contribution in [0.1, 0.15) is 82.9 Å². The van der Waals surface area contributed by atoms with Gasteiger partial charge in [0, 0.05) is 74.9 Å². The number of carbonyl (C=O) groups excluding carboxylic acids is 2. The topological polar surface area (TPSA) is 82.6 Å². The molecule has 0 radical (unpaired) electrons. The zero-order valence-corrected chi connectivity index (χ0v) is 29.8. The van der Waals surface area contributed by atoms with Crippen LogP contribution in [0.4, 0.5) is 18.9 Å². The molecule has 2 aromatic rings. The van der Waals surface area contributed by atoms with Gasteiger partial charge in [-0.1, -0.05) is 18.2 Å². The molecule has 5 rings (SSSR count). The van der Waals surface area contributed by atoms with Crippen molar-refractivity contribution in [3.8, 4) is 5.75 Å². The SMILES string of the molecule is COc1ccc([C@@H]2CN(C(C)(C)C)C[C@H]2C(=O)N2C[C@H](CO)[C@@H](c3ccc(C(F)(F)F)cc3N3CCC(C(=O)OC(C)(C)C)CC3)C2)cc1. The highest BCUT2D eigenvalue weighted by atomic mass is 19.4. The van der Waals surface area contributed by atoms with Crippen molar-refractivity contribution in [2.45, 2.75) is 83.5 Å². The molecule has 4 atom stereocenters. The third-order valence-electron chi connectivity index (χ3n) is 10.4. The maximum absolute atomic E-state index is 14.4. The lowest BCUT2D eigenvalue weighted by Gasteiger charge is -2.36. The van der Waals surface area contributed by atoms with E-state index >= 15 is 0 Å². The van der Waals surface area contributed by atoms with Crippen LogP contribution >= 0.6 is 0 Å². The fourth-order valence-corrected chi connectivity index (χ4v) is 7.66. The fraction of sp³-hybridized carbons (Fsp3) is 0.632. The van der Waals surface area contributed by atoms with Crippen LogP contribution in [0, 0.1) is 17.8 Å². The van der Waals surface area contributed by atoms with Gasteiger partial charge in [-0.05, 0) is 89.8 Å². The number of hydrogen-bond donors (Lipinski definition) is 1. The summed E-state index contributed by atoms with van der Waals surface area (Å²) < 4.78 is 53.0. The number of rotatable bonds is 7. The van der Waals surface area contributed by atoms with Crippen molar-refractivity contribution in [2.24, 2.45) is 17.8 Å². The van der Waals surface area contributed by atoms with Gasteiger partial charge in [-0.3, -0.25) is 14.5 Å². The number of likely N-dealkylation sites (tertiary alicyclic amines) is 2. The molecule has 2 aromatic carbocycles. The molecule has 49 heavy (non-hydrogen) atoms. The second-order valence-corrected chi connectivity index (χ2v) is 15.9. The number of ether oxygens (including phenoxy) is 2. The minimum atomic E-state index is -4.53. The van der Waals surface area contributed by atoms with E-state index in [1.165, 1.54) is 12.1 Å². The van der Waals surface area contributed by atoms with Crippen molar-refractivity contribution >= 4 is 17.6 Å². The van der Waals surface area contributed by atoms with Crippen LogP contribution in [0.5, 0.6) is 5.75 Å². The molecule has 0 aromatic heterocycles. The Morgan fingerprint density at radius 3 is 2.08 bits per heavy atom. The Kier molecular flexibility index (Phi) is 10.7. The summed E-state index contributed by atoms with van der Waals surface area (Å²) in [6.07, 6.45) is -3.61. The Morgan fingerprint density at radius 2 is 1.53 bits per heavy atom. The predicted molar refractivity (Wildman–Crippen MR) is 183 cm³/mol. The maximum atomic E-state index is 14.4. The average Bonchev–Trinajstić information content (AvgIpc) is 3.69. The summed E-state index contributed by atoms with van der Waals surface area (Å²) in [6, 6.07) is 11.7. The minimum Gasteiger partial charge on any atom is -0.497 e. The first-order valence-corrected chi connectivity index (χ1v) is 17.4. The lowest BCUT2D eigenvalue weighted by molar-refractivity contribution is -0.160. The normalized spacial score (nSPS) is 24.4. The summed E-state index contributed by atoms with van der Waals surface area (Å²) in [6.45, 7) is 14.4. The van der Waals surface area contributed by atoms with E-state index in [0.717, 1.165) is 23.9 Å². The number of aliphatic hydroxyl groups excluding tert-OH is 1. The van der Waals surface area contributed by atoms with Crippen molar-refractivity contribution in [1.82, 2.24) is 9.80 Å². The Labute approximate surface area is 288 Å². The highest BCUT2D eigenvalue weighted by Gasteiger charge is 2.47. The summed E-state index contributed by atoms with van der Waals surface area (Å²) in [7, 11) is 1.62. The number of esters is 1. The van der Waals surface area contributed by atoms with Gasteiger partial charge >= 0.3 is 12.1 Å². The van der Waals surface area contributed by atoms with Crippen LogP contribution < -0.4 is 9.64 Å². The van der Waals surface area contributed by atoms with Crippen molar-refractivity contribution in [3.05, 3.63) is 59.2 Å². The second kappa shape index (κ2) is 14.1. The van der Waals surface area contributed by atoms with Crippen LogP contribution in [0.3, 0.4) is 0 Å². The van der Waals surface area contributed by atoms with Gasteiger partial charge in [-0.25, -0.2) is 0 Å². The van der Waals surface area contributed by atoms with Gasteiger partial charge in [0.25, 0.3) is 0 Å². The lowest BCUT2D eigenvalue weighted by Crippen LogP contribution is -2.42. The van der Waals surface area contributed by atoms with Gasteiger partial charge in [-0.15, -0.1) is 0 Å². The summed E-state index contributed by atoms with van der Waals surface area (Å²) in [5, 5.41) is 10.6. The number of aliphatic hydroxyl groups is 1. The molecule has 0 aliphatic carbocycles. The van der Waals surface area contributed by atoms with Gasteiger partial charge in [-0.2, -0.15) is 13.2 Å². The molecule has 3 aliphatic heterocycles. The number of carbonyl (C=O) groups is 2. The highest BCUT2D eigenvalue weighted by molar-refractivity contribution is 5.81. The molecule has 0 unspecified atom stereocenters. The molecule has 3 saturated heterocycles. The lowest BCUT2D eigenvalue weighted by atomic mass is 9.86. The zero-order valence-electron chi connectivity index (χ0n) is 29.8. The van der Waals surface area contributed by atoms with Crippen LogP contribution in [0.15, 0.2) is 42.5 Å². The Bertz CT molecular complexity index is 1480. The molecule has 1 amide bonds. The molecular formula is C38H52F3N3O5. The van der Waals surface area contributed by atoms with E-state index in [4.69, 9.17) is 9.47 Å². The van der Waals surface area contributed by atoms with Gasteiger partial charge in [0.1, 0.15) is 11.4 Å². The molecule has 0 saturated carbocycles. The number of nitrogens with zero attached hydrogens (tertiary/aromatic N) is 3. The first-order chi connectivity index (χ1) is 22.9. The minimum absolute atomic E-state index is 0.000143. The molecule has 11 heteroatoms. The van der Waals surface area contributed by atoms with E-state index in [0.29, 0.717) is 56.8 Å². The van der Waals surface area contributed by atoms with Crippen molar-refractivity contribution in [2.75, 3.05) is 57.9 Å². The first-order valence-electron chi connectivity index (χ1n) is 17.4. The van der Waals surface area contributed by atoms with Crippen LogP contribution in [0.25, 0.3) is 0 Å². The van der Waals surface area contributed by atoms with E-state index in [9.17, 15) is 27.9 Å². The van der Waals surface area contributed by atoms with Gasteiger partial charge in [0.15, 0.2) is 0 Å². The van der Waals surface area contributed by atoms with E-state index < -0.39 is 17.3 Å². The van der Waals surface area contributed by atoms with E-state index in [1.54, 1.807) is 7.11 Å². The van der Waals surface area contributed by atoms with Gasteiger partial charge in [0.2, 0.25) is 5.91 Å². The molecule has 0 bridgehead atoms. The number of halogens is 3. The predicted octanol–water partition coefficient (Wildman–Crippen LogP) is 6.32. The summed E-state index contributed by atoms with van der Waals surface area (Å²) in [4.78, 5) is 33.3. The number of methoxy groups -OCH3 is 1. The molecular weight excluding hydrogens is 635 g/mol. The van der Waals surface area contributed by atoms with Crippen LogP contribution in [-0.4, -0.2) is 90.9 Å². The van der Waals surface area contributed by atoms with E-state index in [1.807, 2.05) is 54.8 Å². The van der Waals surface area contributed by atoms with Crippen LogP contribution in [0.2, 0.25) is 0 Å². The molecule has 1 N–H and O–H groups in total. The van der Waals surface area contributed by atoms with Crippen molar-refractivity contribution in [1.29, 1.82) is 0 Å². The summed E-state index contributed by atoms with van der Waals surface area (Å²) in [5.41, 5.74) is 0.680. The largest absolute Gasteiger partial charge is 0.497 e. The number of amides is 1. The van der Waals surface area contributed by atoms with Crippen LogP contribution in [-0.2, 0) is 20.5 Å². The Morgan fingerprint density at radius 1 is 0.878 bits per heavy atom. The van der Waals surface area contributed by atoms with E-state index in [2.05, 4.69) is 25.7 Å². The quantitative estimate of drug-likeness (QED) is 0.342. The number of benzene rings is 2. The van der Waals surface area contributed by atoms with Gasteiger partial charge in [0.05, 0.1) is 24.5 Å². The molecule has 0 spiro atoms. The van der Waals surface area contributed by atoms with E-state index in [-0.39, 0.29) is 53.6 Å². The summed E-state index contributed by atoms with van der Waals surface area (Å²) in [5.74, 6) is -0.916. The molecule has 3 fully saturated rings. The average molecular weight is 688 g/mol. The number of alkyl halides is 3. The molecule has 3 heterocycles. The monoisotopic (exact) mass is 687 g/mol. The maximum Gasteiger partial charge on any atom is 0.416 e. The number of piperidine rings is 1. The second-order valence-electron chi connectivity index (χ2n) is 15.9. The standard InChI is InChI=1S/C38H52F3N3O5/c1-36(2,3)44-21-31(24-8-11-28(48-7)12-9-24)32(22-44)34(46)43-19-26(23-45)30(20-43)29-13-10-27(38(39,40)41)18-33(29)42-16-14-25(15-17-42)35(47)49-37(4,5)6/h8-13,18,25-26,30-32,45H,14-17,19-23H2,1-7H3/t26-,30+,31+,32-/m1/s1. The van der Waals surface area contributed by atoms with Crippen molar-refractivity contribution < 1.29 is 37.3 Å². The highest BCUT2D eigenvalue weighted by Crippen LogP contribution is 2.44. The van der Waals surface area contributed by atoms with Crippen molar-refractivity contribution in [3.63, 3.8) is 0 Å². The van der Waals surface area contributed by atoms with Gasteiger partial charge < -0.3 is 24.4 Å². The Hall–Kier alpha value is -3.31. The Balaban J connectivity index is 1.41. The third-order valence-corrected chi connectivity index (χ3v) is 10.4. The molecule has 8 nitrogen and oxygen atoms in total. The number of anilines is 1. The zero-order chi connectivity index (χ0) is 35.9. The fourth-order valence-electron chi connectivity index (χ4n) is 7.66. The summed E-state index contributed by atoms with van der Waals surface area (Å²) >= 11 is 0. The molecule has 3 aliphatic rings. The number of hydrogen-bond acceptors (Lipinski definition) is 7. The smallest absolute Gasteiger partial charge is 0.416 e. The molecule has 270 valence electrons.